The van der Waals surface area contributed by atoms with Gasteiger partial charge < -0.3 is 5.32 Å². The van der Waals surface area contributed by atoms with Crippen LogP contribution in [0, 0.1) is 11.8 Å². The molecule has 0 aliphatic heterocycles. The van der Waals surface area contributed by atoms with Gasteiger partial charge in [0.25, 0.3) is 0 Å². The third-order valence-electron chi connectivity index (χ3n) is 3.88. The summed E-state index contributed by atoms with van der Waals surface area (Å²) in [6.07, 6.45) is 6.78. The van der Waals surface area contributed by atoms with Crippen LogP contribution in [0.3, 0.4) is 0 Å². The minimum atomic E-state index is 0.634. The predicted molar refractivity (Wildman–Crippen MR) is 90.7 cm³/mol. The molecule has 0 radical (unpaired) electrons. The van der Waals surface area contributed by atoms with Crippen molar-refractivity contribution in [1.29, 1.82) is 0 Å². The maximum absolute atomic E-state index is 3.71. The first-order valence-electron chi connectivity index (χ1n) is 7.26. The van der Waals surface area contributed by atoms with Gasteiger partial charge in [0.15, 0.2) is 0 Å². The molecule has 2 rings (SSSR count). The van der Waals surface area contributed by atoms with Crippen LogP contribution in [0.2, 0.25) is 0 Å². The van der Waals surface area contributed by atoms with Gasteiger partial charge in [0, 0.05) is 20.7 Å². The predicted octanol–water partition coefficient (Wildman–Crippen LogP) is 6.23. The van der Waals surface area contributed by atoms with Crippen molar-refractivity contribution in [3.8, 4) is 0 Å². The van der Waals surface area contributed by atoms with Crippen LogP contribution in [-0.2, 0) is 0 Å². The molecule has 2 unspecified atom stereocenters. The molecule has 1 nitrogen and oxygen atoms in total. The van der Waals surface area contributed by atoms with Gasteiger partial charge in [-0.2, -0.15) is 0 Å². The number of rotatable bonds is 4. The van der Waals surface area contributed by atoms with E-state index in [1.807, 2.05) is 0 Å². The van der Waals surface area contributed by atoms with Gasteiger partial charge in [-0.05, 0) is 65.2 Å². The van der Waals surface area contributed by atoms with Crippen molar-refractivity contribution in [3.05, 3.63) is 27.1 Å². The largest absolute Gasteiger partial charge is 0.381 e. The number of benzene rings is 1. The number of hydrogen-bond acceptors (Lipinski definition) is 1. The Labute approximate surface area is 133 Å². The van der Waals surface area contributed by atoms with Crippen molar-refractivity contribution in [2.24, 2.45) is 11.8 Å². The standard InChI is InChI=1S/C16H23Br2N/c1-11(2)8-12-4-3-5-14(9-12)19-16-7-6-13(17)10-15(16)18/h6-7,10-12,14,19H,3-5,8-9H2,1-2H3. The fraction of sp³-hybridized carbons (Fsp3) is 0.625. The Hall–Kier alpha value is -0.0200. The van der Waals surface area contributed by atoms with Crippen molar-refractivity contribution < 1.29 is 0 Å². The second kappa shape index (κ2) is 7.12. The van der Waals surface area contributed by atoms with Crippen LogP contribution in [0.5, 0.6) is 0 Å². The molecule has 1 aromatic carbocycles. The Morgan fingerprint density at radius 3 is 2.74 bits per heavy atom. The van der Waals surface area contributed by atoms with Crippen LogP contribution in [-0.4, -0.2) is 6.04 Å². The molecule has 1 saturated carbocycles. The summed E-state index contributed by atoms with van der Waals surface area (Å²) in [6, 6.07) is 6.99. The van der Waals surface area contributed by atoms with Crippen LogP contribution in [0.4, 0.5) is 5.69 Å². The Morgan fingerprint density at radius 2 is 2.05 bits per heavy atom. The molecule has 0 saturated heterocycles. The van der Waals surface area contributed by atoms with Crippen LogP contribution in [0.15, 0.2) is 27.1 Å². The van der Waals surface area contributed by atoms with E-state index in [-0.39, 0.29) is 0 Å². The van der Waals surface area contributed by atoms with Crippen LogP contribution < -0.4 is 5.32 Å². The molecule has 0 amide bonds. The summed E-state index contributed by atoms with van der Waals surface area (Å²) < 4.78 is 2.26. The van der Waals surface area contributed by atoms with Gasteiger partial charge >= 0.3 is 0 Å². The molecule has 106 valence electrons. The van der Waals surface area contributed by atoms with Gasteiger partial charge in [0.2, 0.25) is 0 Å². The minimum Gasteiger partial charge on any atom is -0.381 e. The summed E-state index contributed by atoms with van der Waals surface area (Å²) in [5.41, 5.74) is 1.22. The Bertz CT molecular complexity index is 417. The normalized spacial score (nSPS) is 23.6. The zero-order valence-electron chi connectivity index (χ0n) is 11.8. The molecule has 3 heteroatoms. The first-order chi connectivity index (χ1) is 9.04. The molecular weight excluding hydrogens is 366 g/mol. The molecule has 19 heavy (non-hydrogen) atoms. The average Bonchev–Trinajstić information content (AvgIpc) is 2.32. The van der Waals surface area contributed by atoms with Crippen molar-refractivity contribution in [1.82, 2.24) is 0 Å². The van der Waals surface area contributed by atoms with Gasteiger partial charge in [0.05, 0.1) is 0 Å². The summed E-state index contributed by atoms with van der Waals surface area (Å²) in [6.45, 7) is 4.67. The molecule has 1 N–H and O–H groups in total. The fourth-order valence-corrected chi connectivity index (χ4v) is 4.29. The molecule has 0 spiro atoms. The number of halogens is 2. The first kappa shape index (κ1) is 15.4. The maximum atomic E-state index is 3.71. The highest BCUT2D eigenvalue weighted by molar-refractivity contribution is 9.11. The lowest BCUT2D eigenvalue weighted by Crippen LogP contribution is -2.28. The summed E-state index contributed by atoms with van der Waals surface area (Å²) in [5.74, 6) is 1.73. The van der Waals surface area contributed by atoms with E-state index < -0.39 is 0 Å². The van der Waals surface area contributed by atoms with Crippen molar-refractivity contribution in [2.75, 3.05) is 5.32 Å². The van der Waals surface area contributed by atoms with E-state index in [1.54, 1.807) is 0 Å². The molecular formula is C16H23Br2N. The van der Waals surface area contributed by atoms with E-state index in [4.69, 9.17) is 0 Å². The van der Waals surface area contributed by atoms with Crippen LogP contribution >= 0.6 is 31.9 Å². The van der Waals surface area contributed by atoms with Crippen molar-refractivity contribution in [3.63, 3.8) is 0 Å². The monoisotopic (exact) mass is 387 g/mol. The summed E-state index contributed by atoms with van der Waals surface area (Å²) >= 11 is 7.14. The van der Waals surface area contributed by atoms with Gasteiger partial charge in [-0.3, -0.25) is 0 Å². The second-order valence-corrected chi connectivity index (χ2v) is 7.90. The SMILES string of the molecule is CC(C)CC1CCCC(Nc2ccc(Br)cc2Br)C1. The number of anilines is 1. The zero-order chi connectivity index (χ0) is 13.8. The molecule has 0 aromatic heterocycles. The lowest BCUT2D eigenvalue weighted by atomic mass is 9.81. The topological polar surface area (TPSA) is 12.0 Å². The van der Waals surface area contributed by atoms with Gasteiger partial charge in [0.1, 0.15) is 0 Å². The zero-order valence-corrected chi connectivity index (χ0v) is 14.9. The van der Waals surface area contributed by atoms with E-state index in [0.29, 0.717) is 6.04 Å². The van der Waals surface area contributed by atoms with E-state index in [0.717, 1.165) is 20.8 Å². The van der Waals surface area contributed by atoms with E-state index in [2.05, 4.69) is 69.2 Å². The van der Waals surface area contributed by atoms with E-state index >= 15 is 0 Å². The van der Waals surface area contributed by atoms with Crippen molar-refractivity contribution in [2.45, 2.75) is 52.0 Å². The van der Waals surface area contributed by atoms with E-state index in [1.165, 1.54) is 37.8 Å². The summed E-state index contributed by atoms with van der Waals surface area (Å²) in [7, 11) is 0. The first-order valence-corrected chi connectivity index (χ1v) is 8.84. The minimum absolute atomic E-state index is 0.634. The molecule has 1 fully saturated rings. The molecule has 1 aromatic rings. The molecule has 0 heterocycles. The lowest BCUT2D eigenvalue weighted by Gasteiger charge is -2.31. The molecule has 1 aliphatic carbocycles. The van der Waals surface area contributed by atoms with Gasteiger partial charge in [-0.1, -0.05) is 42.6 Å². The maximum Gasteiger partial charge on any atom is 0.0487 e. The smallest absolute Gasteiger partial charge is 0.0487 e. The second-order valence-electron chi connectivity index (χ2n) is 6.13. The highest BCUT2D eigenvalue weighted by atomic mass is 79.9. The average molecular weight is 389 g/mol. The quantitative estimate of drug-likeness (QED) is 0.644. The van der Waals surface area contributed by atoms with Crippen molar-refractivity contribution >= 4 is 37.5 Å². The Morgan fingerprint density at radius 1 is 1.26 bits per heavy atom. The molecule has 1 aliphatic rings. The Kier molecular flexibility index (Phi) is 5.76. The lowest BCUT2D eigenvalue weighted by molar-refractivity contribution is 0.289. The van der Waals surface area contributed by atoms with Crippen LogP contribution in [0.25, 0.3) is 0 Å². The third-order valence-corrected chi connectivity index (χ3v) is 5.03. The number of hydrogen-bond donors (Lipinski definition) is 1. The van der Waals surface area contributed by atoms with Crippen LogP contribution in [0.1, 0.15) is 46.0 Å². The Balaban J connectivity index is 1.94. The highest BCUT2D eigenvalue weighted by Gasteiger charge is 2.22. The van der Waals surface area contributed by atoms with Gasteiger partial charge in [-0.25, -0.2) is 0 Å². The molecule has 2 atom stereocenters. The third kappa shape index (κ3) is 4.78. The fourth-order valence-electron chi connectivity index (χ4n) is 3.13. The van der Waals surface area contributed by atoms with Gasteiger partial charge in [-0.15, -0.1) is 0 Å². The summed E-state index contributed by atoms with van der Waals surface area (Å²) in [5, 5.41) is 3.71. The number of nitrogens with one attached hydrogen (secondary N) is 1. The van der Waals surface area contributed by atoms with E-state index in [9.17, 15) is 0 Å². The summed E-state index contributed by atoms with van der Waals surface area (Å²) in [4.78, 5) is 0. The highest BCUT2D eigenvalue weighted by Crippen LogP contribution is 2.33. The molecule has 0 bridgehead atoms.